The highest BCUT2D eigenvalue weighted by atomic mass is 19.1. The molecule has 0 unspecified atom stereocenters. The molecule has 0 bridgehead atoms. The summed E-state index contributed by atoms with van der Waals surface area (Å²) in [6, 6.07) is 10.5. The van der Waals surface area contributed by atoms with E-state index in [1.807, 2.05) is 24.3 Å². The molecule has 0 aliphatic carbocycles. The number of amides is 2. The van der Waals surface area contributed by atoms with Gasteiger partial charge in [0.25, 0.3) is 5.91 Å². The van der Waals surface area contributed by atoms with Crippen LogP contribution < -0.4 is 10.6 Å². The Morgan fingerprint density at radius 2 is 2.10 bits per heavy atom. The number of hydrogen-bond acceptors (Lipinski definition) is 5. The van der Waals surface area contributed by atoms with Crippen LogP contribution >= 0.6 is 0 Å². The maximum Gasteiger partial charge on any atom is 0.254 e. The Morgan fingerprint density at radius 1 is 1.29 bits per heavy atom. The van der Waals surface area contributed by atoms with Gasteiger partial charge in [0.05, 0.1) is 11.2 Å². The Kier molecular flexibility index (Phi) is 5.62. The van der Waals surface area contributed by atoms with Crippen LogP contribution in [0.1, 0.15) is 22.3 Å². The molecule has 2 N–H and O–H groups in total. The average Bonchev–Trinajstić information content (AvgIpc) is 3.23. The van der Waals surface area contributed by atoms with Gasteiger partial charge in [-0.3, -0.25) is 9.59 Å². The lowest BCUT2D eigenvalue weighted by molar-refractivity contribution is -0.111. The van der Waals surface area contributed by atoms with Crippen LogP contribution in [0, 0.1) is 12.7 Å². The van der Waals surface area contributed by atoms with E-state index in [2.05, 4.69) is 27.2 Å². The zero-order chi connectivity index (χ0) is 22.0. The molecule has 2 aromatic carbocycles. The molecule has 1 aromatic heterocycles. The Hall–Kier alpha value is -3.81. The molecular formula is C23H22FN5O2. The number of carbonyl (C=O) groups excluding carboxylic acids is 2. The summed E-state index contributed by atoms with van der Waals surface area (Å²) in [6.45, 7) is 6.00. The van der Waals surface area contributed by atoms with Crippen molar-refractivity contribution in [3.05, 3.63) is 72.2 Å². The van der Waals surface area contributed by atoms with Gasteiger partial charge in [0.15, 0.2) is 0 Å². The second-order valence-electron chi connectivity index (χ2n) is 7.48. The summed E-state index contributed by atoms with van der Waals surface area (Å²) in [7, 11) is 0. The lowest BCUT2D eigenvalue weighted by Crippen LogP contribution is -2.32. The van der Waals surface area contributed by atoms with Crippen molar-refractivity contribution in [3.8, 4) is 0 Å². The van der Waals surface area contributed by atoms with E-state index in [9.17, 15) is 14.0 Å². The molecular weight excluding hydrogens is 397 g/mol. The van der Waals surface area contributed by atoms with Gasteiger partial charge in [-0.05, 0) is 43.2 Å². The highest BCUT2D eigenvalue weighted by Crippen LogP contribution is 2.24. The van der Waals surface area contributed by atoms with Crippen LogP contribution in [-0.4, -0.2) is 45.8 Å². The number of nitrogens with zero attached hydrogens (tertiary/aromatic N) is 3. The van der Waals surface area contributed by atoms with Crippen LogP contribution in [0.15, 0.2) is 55.3 Å². The first-order valence-corrected chi connectivity index (χ1v) is 9.96. The van der Waals surface area contributed by atoms with E-state index < -0.39 is 11.7 Å². The van der Waals surface area contributed by atoms with E-state index in [1.165, 1.54) is 0 Å². The average molecular weight is 419 g/mol. The van der Waals surface area contributed by atoms with Crippen LogP contribution in [0.3, 0.4) is 0 Å². The third kappa shape index (κ3) is 4.37. The van der Waals surface area contributed by atoms with Crippen LogP contribution in [-0.2, 0) is 4.79 Å². The van der Waals surface area contributed by atoms with Gasteiger partial charge in [-0.25, -0.2) is 14.4 Å². The molecule has 2 amide bonds. The molecule has 0 spiro atoms. The summed E-state index contributed by atoms with van der Waals surface area (Å²) < 4.78 is 14.5. The molecule has 31 heavy (non-hydrogen) atoms. The van der Waals surface area contributed by atoms with Crippen molar-refractivity contribution in [3.63, 3.8) is 0 Å². The molecule has 7 nitrogen and oxygen atoms in total. The van der Waals surface area contributed by atoms with Gasteiger partial charge in [0, 0.05) is 36.3 Å². The zero-order valence-electron chi connectivity index (χ0n) is 17.1. The SMILES string of the molecule is C=CC(=O)Nc1c(C)cc(C(=O)N2CC[C@@H](Nc3ncc4ccccc4n3)C2)cc1F. The summed E-state index contributed by atoms with van der Waals surface area (Å²) in [4.78, 5) is 34.9. The largest absolute Gasteiger partial charge is 0.350 e. The fourth-order valence-corrected chi connectivity index (χ4v) is 3.67. The fraction of sp³-hybridized carbons (Fsp3) is 0.217. The van der Waals surface area contributed by atoms with Crippen molar-refractivity contribution < 1.29 is 14.0 Å². The van der Waals surface area contributed by atoms with Crippen molar-refractivity contribution in [1.82, 2.24) is 14.9 Å². The zero-order valence-corrected chi connectivity index (χ0v) is 17.1. The van der Waals surface area contributed by atoms with Crippen molar-refractivity contribution in [1.29, 1.82) is 0 Å². The van der Waals surface area contributed by atoms with Crippen LogP contribution in [0.2, 0.25) is 0 Å². The number of rotatable bonds is 5. The normalized spacial score (nSPS) is 15.7. The van der Waals surface area contributed by atoms with E-state index in [1.54, 1.807) is 24.1 Å². The summed E-state index contributed by atoms with van der Waals surface area (Å²) in [5.74, 6) is -0.906. The van der Waals surface area contributed by atoms with Gasteiger partial charge >= 0.3 is 0 Å². The molecule has 3 aromatic rings. The van der Waals surface area contributed by atoms with Crippen LogP contribution in [0.25, 0.3) is 10.9 Å². The molecule has 8 heteroatoms. The minimum Gasteiger partial charge on any atom is -0.350 e. The number of likely N-dealkylation sites (tertiary alicyclic amines) is 1. The van der Waals surface area contributed by atoms with Gasteiger partial charge in [-0.1, -0.05) is 24.8 Å². The van der Waals surface area contributed by atoms with Gasteiger partial charge < -0.3 is 15.5 Å². The first-order chi connectivity index (χ1) is 14.9. The van der Waals surface area contributed by atoms with Gasteiger partial charge in [0.1, 0.15) is 5.82 Å². The predicted molar refractivity (Wildman–Crippen MR) is 117 cm³/mol. The highest BCUT2D eigenvalue weighted by molar-refractivity contribution is 6.00. The van der Waals surface area contributed by atoms with Crippen LogP contribution in [0.5, 0.6) is 0 Å². The number of benzene rings is 2. The Bertz CT molecular complexity index is 1160. The quantitative estimate of drug-likeness (QED) is 0.618. The first-order valence-electron chi connectivity index (χ1n) is 9.96. The minimum atomic E-state index is -0.656. The molecule has 0 saturated carbocycles. The van der Waals surface area contributed by atoms with Crippen molar-refractivity contribution in [2.75, 3.05) is 23.7 Å². The van der Waals surface area contributed by atoms with Gasteiger partial charge in [-0.2, -0.15) is 0 Å². The first kappa shape index (κ1) is 20.5. The number of aromatic nitrogens is 2. The van der Waals surface area contributed by atoms with Gasteiger partial charge in [-0.15, -0.1) is 0 Å². The number of fused-ring (bicyclic) bond motifs is 1. The minimum absolute atomic E-state index is 0.00205. The second kappa shape index (κ2) is 8.51. The van der Waals surface area contributed by atoms with Crippen molar-refractivity contribution >= 4 is 34.4 Å². The number of anilines is 2. The highest BCUT2D eigenvalue weighted by Gasteiger charge is 2.28. The summed E-state index contributed by atoms with van der Waals surface area (Å²) in [5, 5.41) is 6.67. The lowest BCUT2D eigenvalue weighted by atomic mass is 10.1. The molecule has 4 rings (SSSR count). The predicted octanol–water partition coefficient (Wildman–Crippen LogP) is 3.53. The monoisotopic (exact) mass is 419 g/mol. The third-order valence-corrected chi connectivity index (χ3v) is 5.27. The van der Waals surface area contributed by atoms with E-state index in [0.29, 0.717) is 24.6 Å². The van der Waals surface area contributed by atoms with E-state index in [-0.39, 0.29) is 23.2 Å². The van der Waals surface area contributed by atoms with Crippen molar-refractivity contribution in [2.45, 2.75) is 19.4 Å². The summed E-state index contributed by atoms with van der Waals surface area (Å²) in [5.41, 5.74) is 1.61. The summed E-state index contributed by atoms with van der Waals surface area (Å²) in [6.07, 6.45) is 3.56. The molecule has 1 atom stereocenters. The molecule has 0 radical (unpaired) electrons. The Morgan fingerprint density at radius 3 is 2.87 bits per heavy atom. The molecule has 2 heterocycles. The lowest BCUT2D eigenvalue weighted by Gasteiger charge is -2.18. The maximum atomic E-state index is 14.5. The Labute approximate surface area is 179 Å². The Balaban J connectivity index is 1.44. The molecule has 1 saturated heterocycles. The molecule has 158 valence electrons. The van der Waals surface area contributed by atoms with E-state index in [0.717, 1.165) is 29.5 Å². The summed E-state index contributed by atoms with van der Waals surface area (Å²) >= 11 is 0. The van der Waals surface area contributed by atoms with Crippen LogP contribution in [0.4, 0.5) is 16.0 Å². The number of aryl methyl sites for hydroxylation is 1. The van der Waals surface area contributed by atoms with Crippen molar-refractivity contribution in [2.24, 2.45) is 0 Å². The number of nitrogens with one attached hydrogen (secondary N) is 2. The second-order valence-corrected chi connectivity index (χ2v) is 7.48. The molecule has 1 fully saturated rings. The van der Waals surface area contributed by atoms with E-state index >= 15 is 0 Å². The topological polar surface area (TPSA) is 87.2 Å². The third-order valence-electron chi connectivity index (χ3n) is 5.27. The fourth-order valence-electron chi connectivity index (χ4n) is 3.67. The number of carbonyl (C=O) groups is 2. The molecule has 1 aliphatic rings. The standard InChI is InChI=1S/C23H22FN5O2/c1-3-20(30)28-21-14(2)10-16(11-18(21)24)22(31)29-9-8-17(13-29)26-23-25-12-15-6-4-5-7-19(15)27-23/h3-7,10-12,17H,1,8-9,13H2,2H3,(H,28,30)(H,25,26,27)/t17-/m1/s1. The van der Waals surface area contributed by atoms with E-state index in [4.69, 9.17) is 0 Å². The smallest absolute Gasteiger partial charge is 0.254 e. The number of hydrogen-bond donors (Lipinski definition) is 2. The number of para-hydroxylation sites is 1. The maximum absolute atomic E-state index is 14.5. The van der Waals surface area contributed by atoms with Gasteiger partial charge in [0.2, 0.25) is 11.9 Å². The number of halogens is 1. The molecule has 1 aliphatic heterocycles.